The van der Waals surface area contributed by atoms with Gasteiger partial charge in [0, 0.05) is 37.8 Å². The molecule has 1 amide bonds. The van der Waals surface area contributed by atoms with Crippen LogP contribution in [0.2, 0.25) is 5.02 Å². The number of amides is 1. The SMILES string of the molecule is Cn1c(=O)cc(C(=O)NC[C@@H](c2ccc(Cl)cc2)N2CCOCC2)[nH]c1=O. The molecule has 3 rings (SSSR count). The topological polar surface area (TPSA) is 96.4 Å². The number of hydrogen-bond acceptors (Lipinski definition) is 5. The zero-order chi connectivity index (χ0) is 19.4. The molecule has 1 atom stereocenters. The van der Waals surface area contributed by atoms with E-state index in [1.165, 1.54) is 7.05 Å². The van der Waals surface area contributed by atoms with Gasteiger partial charge in [0.05, 0.1) is 19.3 Å². The van der Waals surface area contributed by atoms with Crippen molar-refractivity contribution in [3.8, 4) is 0 Å². The van der Waals surface area contributed by atoms with Gasteiger partial charge in [-0.3, -0.25) is 19.1 Å². The van der Waals surface area contributed by atoms with Crippen molar-refractivity contribution in [2.45, 2.75) is 6.04 Å². The van der Waals surface area contributed by atoms with Crippen LogP contribution in [0.5, 0.6) is 0 Å². The first-order chi connectivity index (χ1) is 13.0. The van der Waals surface area contributed by atoms with E-state index in [-0.39, 0.29) is 11.7 Å². The highest BCUT2D eigenvalue weighted by molar-refractivity contribution is 6.30. The summed E-state index contributed by atoms with van der Waals surface area (Å²) < 4.78 is 6.31. The van der Waals surface area contributed by atoms with Crippen LogP contribution in [0.15, 0.2) is 39.9 Å². The van der Waals surface area contributed by atoms with E-state index in [2.05, 4.69) is 15.2 Å². The van der Waals surface area contributed by atoms with Crippen LogP contribution in [-0.2, 0) is 11.8 Å². The number of hydrogen-bond donors (Lipinski definition) is 2. The van der Waals surface area contributed by atoms with Gasteiger partial charge in [-0.15, -0.1) is 0 Å². The molecule has 2 N–H and O–H groups in total. The minimum absolute atomic E-state index is 0.0556. The Morgan fingerprint density at radius 3 is 2.56 bits per heavy atom. The number of benzene rings is 1. The van der Waals surface area contributed by atoms with Crippen LogP contribution in [0.1, 0.15) is 22.1 Å². The lowest BCUT2D eigenvalue weighted by atomic mass is 10.0. The highest BCUT2D eigenvalue weighted by Crippen LogP contribution is 2.23. The van der Waals surface area contributed by atoms with E-state index < -0.39 is 17.2 Å². The molecule has 2 heterocycles. The van der Waals surface area contributed by atoms with Crippen LogP contribution < -0.4 is 16.6 Å². The lowest BCUT2D eigenvalue weighted by Crippen LogP contribution is -2.44. The maximum Gasteiger partial charge on any atom is 0.328 e. The van der Waals surface area contributed by atoms with Crippen LogP contribution in [0, 0.1) is 0 Å². The molecule has 144 valence electrons. The Morgan fingerprint density at radius 2 is 1.93 bits per heavy atom. The summed E-state index contributed by atoms with van der Waals surface area (Å²) in [6.07, 6.45) is 0. The summed E-state index contributed by atoms with van der Waals surface area (Å²) in [7, 11) is 1.35. The zero-order valence-electron chi connectivity index (χ0n) is 14.9. The second kappa shape index (κ2) is 8.51. The summed E-state index contributed by atoms with van der Waals surface area (Å²) in [6, 6.07) is 8.51. The van der Waals surface area contributed by atoms with Gasteiger partial charge >= 0.3 is 5.69 Å². The first kappa shape index (κ1) is 19.3. The molecule has 0 radical (unpaired) electrons. The predicted molar refractivity (Wildman–Crippen MR) is 101 cm³/mol. The van der Waals surface area contributed by atoms with E-state index in [9.17, 15) is 14.4 Å². The monoisotopic (exact) mass is 392 g/mol. The molecule has 1 saturated heterocycles. The van der Waals surface area contributed by atoms with Crippen molar-refractivity contribution in [3.05, 3.63) is 67.4 Å². The fourth-order valence-electron chi connectivity index (χ4n) is 2.99. The summed E-state index contributed by atoms with van der Waals surface area (Å²) in [5.41, 5.74) is -0.208. The number of nitrogens with zero attached hydrogens (tertiary/aromatic N) is 2. The van der Waals surface area contributed by atoms with Gasteiger partial charge in [0.15, 0.2) is 0 Å². The van der Waals surface area contributed by atoms with Crippen molar-refractivity contribution in [2.75, 3.05) is 32.8 Å². The van der Waals surface area contributed by atoms with E-state index >= 15 is 0 Å². The molecule has 0 unspecified atom stereocenters. The molecule has 0 saturated carbocycles. The highest BCUT2D eigenvalue weighted by atomic mass is 35.5. The molecule has 2 aromatic rings. The normalized spacial score (nSPS) is 16.1. The average Bonchev–Trinajstić information content (AvgIpc) is 2.68. The summed E-state index contributed by atoms with van der Waals surface area (Å²) in [5.74, 6) is -0.503. The molecule has 8 nitrogen and oxygen atoms in total. The summed E-state index contributed by atoms with van der Waals surface area (Å²) in [4.78, 5) is 40.5. The van der Waals surface area contributed by atoms with E-state index in [0.29, 0.717) is 24.8 Å². The Labute approximate surface area is 160 Å². The Kier molecular flexibility index (Phi) is 6.10. The molecule has 1 aliphatic heterocycles. The number of rotatable bonds is 5. The number of H-pyrrole nitrogens is 1. The van der Waals surface area contributed by atoms with Crippen LogP contribution in [0.3, 0.4) is 0 Å². The molecule has 1 aliphatic rings. The lowest BCUT2D eigenvalue weighted by Gasteiger charge is -2.35. The van der Waals surface area contributed by atoms with Gasteiger partial charge < -0.3 is 15.0 Å². The molecule has 1 aromatic heterocycles. The molecule has 9 heteroatoms. The van der Waals surface area contributed by atoms with Crippen molar-refractivity contribution in [3.63, 3.8) is 0 Å². The molecule has 1 aromatic carbocycles. The van der Waals surface area contributed by atoms with Gasteiger partial charge in [-0.1, -0.05) is 23.7 Å². The summed E-state index contributed by atoms with van der Waals surface area (Å²) >= 11 is 5.98. The predicted octanol–water partition coefficient (Wildman–Crippen LogP) is 0.530. The highest BCUT2D eigenvalue weighted by Gasteiger charge is 2.23. The van der Waals surface area contributed by atoms with Crippen LogP contribution in [0.4, 0.5) is 0 Å². The molecular weight excluding hydrogens is 372 g/mol. The van der Waals surface area contributed by atoms with Crippen molar-refractivity contribution in [2.24, 2.45) is 7.05 Å². The van der Waals surface area contributed by atoms with E-state index in [1.54, 1.807) is 0 Å². The standard InChI is InChI=1S/C18H21ClN4O4/c1-22-16(24)10-14(21-18(22)26)17(25)20-11-15(23-6-8-27-9-7-23)12-2-4-13(19)5-3-12/h2-5,10,15H,6-9,11H2,1H3,(H,20,25)(H,21,26)/t15-/m0/s1. The van der Waals surface area contributed by atoms with Gasteiger partial charge in [-0.2, -0.15) is 0 Å². The Morgan fingerprint density at radius 1 is 1.26 bits per heavy atom. The third-order valence-corrected chi connectivity index (χ3v) is 4.84. The number of aromatic amines is 1. The fraction of sp³-hybridized carbons (Fsp3) is 0.389. The largest absolute Gasteiger partial charge is 0.379 e. The van der Waals surface area contributed by atoms with Gasteiger partial charge in [-0.05, 0) is 17.7 Å². The number of ether oxygens (including phenoxy) is 1. The van der Waals surface area contributed by atoms with Crippen molar-refractivity contribution >= 4 is 17.5 Å². The molecule has 0 bridgehead atoms. The first-order valence-electron chi connectivity index (χ1n) is 8.61. The maximum atomic E-state index is 12.4. The summed E-state index contributed by atoms with van der Waals surface area (Å²) in [5, 5.41) is 3.45. The fourth-order valence-corrected chi connectivity index (χ4v) is 3.12. The van der Waals surface area contributed by atoms with Crippen molar-refractivity contribution in [1.29, 1.82) is 0 Å². The van der Waals surface area contributed by atoms with E-state index in [4.69, 9.17) is 16.3 Å². The number of halogens is 1. The average molecular weight is 393 g/mol. The second-order valence-electron chi connectivity index (χ2n) is 6.31. The van der Waals surface area contributed by atoms with Crippen LogP contribution in [0.25, 0.3) is 0 Å². The minimum Gasteiger partial charge on any atom is -0.379 e. The second-order valence-corrected chi connectivity index (χ2v) is 6.75. The Bertz CT molecular complexity index is 885. The van der Waals surface area contributed by atoms with E-state index in [1.807, 2.05) is 24.3 Å². The number of aromatic nitrogens is 2. The molecule has 1 fully saturated rings. The van der Waals surface area contributed by atoms with Crippen LogP contribution >= 0.6 is 11.6 Å². The number of carbonyl (C=O) groups is 1. The van der Waals surface area contributed by atoms with Crippen molar-refractivity contribution < 1.29 is 9.53 Å². The van der Waals surface area contributed by atoms with Gasteiger partial charge in [0.2, 0.25) is 0 Å². The number of morpholine rings is 1. The zero-order valence-corrected chi connectivity index (χ0v) is 15.7. The lowest BCUT2D eigenvalue weighted by molar-refractivity contribution is 0.0162. The van der Waals surface area contributed by atoms with Crippen LogP contribution in [-0.4, -0.2) is 53.2 Å². The Balaban J connectivity index is 1.77. The third kappa shape index (κ3) is 4.65. The Hall–Kier alpha value is -2.42. The molecular formula is C18H21ClN4O4. The maximum absolute atomic E-state index is 12.4. The van der Waals surface area contributed by atoms with Crippen molar-refractivity contribution in [1.82, 2.24) is 19.8 Å². The molecule has 0 spiro atoms. The first-order valence-corrected chi connectivity index (χ1v) is 8.99. The van der Waals surface area contributed by atoms with E-state index in [0.717, 1.165) is 29.3 Å². The third-order valence-electron chi connectivity index (χ3n) is 4.59. The number of carbonyl (C=O) groups excluding carboxylic acids is 1. The van der Waals surface area contributed by atoms with Gasteiger partial charge in [-0.25, -0.2) is 4.79 Å². The van der Waals surface area contributed by atoms with Gasteiger partial charge in [0.25, 0.3) is 11.5 Å². The van der Waals surface area contributed by atoms with Gasteiger partial charge in [0.1, 0.15) is 5.69 Å². The number of nitrogens with one attached hydrogen (secondary N) is 2. The summed E-state index contributed by atoms with van der Waals surface area (Å²) in [6.45, 7) is 3.05. The molecule has 27 heavy (non-hydrogen) atoms. The smallest absolute Gasteiger partial charge is 0.328 e. The molecule has 0 aliphatic carbocycles. The minimum atomic E-state index is -0.630. The quantitative estimate of drug-likeness (QED) is 0.773.